The molecule has 2 amide bonds. The minimum Gasteiger partial charge on any atom is -0.493 e. The average Bonchev–Trinajstić information content (AvgIpc) is 2.77. The molecule has 0 unspecified atom stereocenters. The third kappa shape index (κ3) is 7.25. The molecule has 0 radical (unpaired) electrons. The van der Waals surface area contributed by atoms with Crippen LogP contribution in [0.5, 0.6) is 17.2 Å². The van der Waals surface area contributed by atoms with Gasteiger partial charge in [-0.15, -0.1) is 0 Å². The lowest BCUT2D eigenvalue weighted by Gasteiger charge is -2.14. The molecule has 0 saturated carbocycles. The molecule has 160 valence electrons. The summed E-state index contributed by atoms with van der Waals surface area (Å²) < 4.78 is 16.2. The Balaban J connectivity index is 1.80. The van der Waals surface area contributed by atoms with E-state index in [-0.39, 0.29) is 11.7 Å². The molecule has 0 saturated heterocycles. The van der Waals surface area contributed by atoms with Gasteiger partial charge >= 0.3 is 0 Å². The van der Waals surface area contributed by atoms with Crippen molar-refractivity contribution < 1.29 is 23.8 Å². The van der Waals surface area contributed by atoms with Crippen LogP contribution < -0.4 is 30.4 Å². The van der Waals surface area contributed by atoms with Crippen LogP contribution in [-0.4, -0.2) is 37.3 Å². The Bertz CT molecular complexity index is 875. The highest BCUT2D eigenvalue weighted by Gasteiger charge is 2.14. The molecule has 0 spiro atoms. The number of nitrogens with one attached hydrogen (secondary N) is 3. The quantitative estimate of drug-likeness (QED) is 0.319. The van der Waals surface area contributed by atoms with E-state index in [2.05, 4.69) is 23.1 Å². The molecule has 0 aliphatic rings. The molecule has 2 aromatic carbocycles. The van der Waals surface area contributed by atoms with Gasteiger partial charge in [0.15, 0.2) is 23.2 Å². The number of hydrogen-bond donors (Lipinski definition) is 3. The van der Waals surface area contributed by atoms with Gasteiger partial charge in [-0.05, 0) is 42.9 Å². The van der Waals surface area contributed by atoms with E-state index >= 15 is 0 Å². The minimum absolute atomic E-state index is 0.0611. The van der Waals surface area contributed by atoms with Crippen molar-refractivity contribution in [3.8, 4) is 17.2 Å². The number of rotatable bonds is 9. The van der Waals surface area contributed by atoms with Crippen LogP contribution in [0.25, 0.3) is 0 Å². The Morgan fingerprint density at radius 1 is 0.933 bits per heavy atom. The fraction of sp³-hybridized carbons (Fsp3) is 0.286. The summed E-state index contributed by atoms with van der Waals surface area (Å²) >= 11 is 5.06. The fourth-order valence-corrected chi connectivity index (χ4v) is 2.50. The van der Waals surface area contributed by atoms with Crippen LogP contribution in [0.2, 0.25) is 0 Å². The van der Waals surface area contributed by atoms with Gasteiger partial charge in [0.2, 0.25) is 0 Å². The van der Waals surface area contributed by atoms with Crippen molar-refractivity contribution in [2.75, 3.05) is 20.3 Å². The highest BCUT2D eigenvalue weighted by atomic mass is 32.1. The van der Waals surface area contributed by atoms with Crippen LogP contribution in [0.4, 0.5) is 0 Å². The summed E-state index contributed by atoms with van der Waals surface area (Å²) in [4.78, 5) is 24.4. The molecule has 9 heteroatoms. The molecule has 8 nitrogen and oxygen atoms in total. The van der Waals surface area contributed by atoms with Gasteiger partial charge in [-0.3, -0.25) is 25.8 Å². The van der Waals surface area contributed by atoms with E-state index in [1.54, 1.807) is 48.5 Å². The number of amides is 2. The lowest BCUT2D eigenvalue weighted by atomic mass is 10.2. The van der Waals surface area contributed by atoms with Crippen molar-refractivity contribution >= 4 is 29.1 Å². The van der Waals surface area contributed by atoms with E-state index in [0.717, 1.165) is 12.8 Å². The molecular formula is C21H25N3O5S. The summed E-state index contributed by atoms with van der Waals surface area (Å²) in [6.45, 7) is 2.31. The van der Waals surface area contributed by atoms with Gasteiger partial charge in [-0.2, -0.15) is 0 Å². The van der Waals surface area contributed by atoms with E-state index in [1.807, 2.05) is 0 Å². The predicted molar refractivity (Wildman–Crippen MR) is 117 cm³/mol. The zero-order valence-electron chi connectivity index (χ0n) is 16.9. The Kier molecular flexibility index (Phi) is 9.39. The topological polar surface area (TPSA) is 97.9 Å². The van der Waals surface area contributed by atoms with E-state index in [4.69, 9.17) is 26.4 Å². The van der Waals surface area contributed by atoms with E-state index in [1.165, 1.54) is 7.11 Å². The number of unbranched alkanes of at least 4 members (excludes halogenated alkanes) is 1. The summed E-state index contributed by atoms with van der Waals surface area (Å²) in [6, 6.07) is 13.8. The predicted octanol–water partition coefficient (Wildman–Crippen LogP) is 2.59. The largest absolute Gasteiger partial charge is 0.493 e. The van der Waals surface area contributed by atoms with Crippen molar-refractivity contribution in [2.24, 2.45) is 0 Å². The Hall–Kier alpha value is -3.33. The molecule has 2 rings (SSSR count). The van der Waals surface area contributed by atoms with E-state index in [0.29, 0.717) is 29.4 Å². The molecule has 3 N–H and O–H groups in total. The first kappa shape index (κ1) is 23.0. The van der Waals surface area contributed by atoms with Gasteiger partial charge in [-0.25, -0.2) is 0 Å². The van der Waals surface area contributed by atoms with Crippen LogP contribution in [-0.2, 0) is 4.79 Å². The summed E-state index contributed by atoms with van der Waals surface area (Å²) in [5.41, 5.74) is 5.18. The number of benzene rings is 2. The summed E-state index contributed by atoms with van der Waals surface area (Å²) in [5.74, 6) is 0.493. The second-order valence-electron chi connectivity index (χ2n) is 6.09. The first-order valence-corrected chi connectivity index (χ1v) is 9.83. The summed E-state index contributed by atoms with van der Waals surface area (Å²) in [6.07, 6.45) is 1.88. The van der Waals surface area contributed by atoms with Gasteiger partial charge in [-0.1, -0.05) is 37.6 Å². The highest BCUT2D eigenvalue weighted by Crippen LogP contribution is 2.25. The second-order valence-corrected chi connectivity index (χ2v) is 6.50. The zero-order valence-corrected chi connectivity index (χ0v) is 17.7. The van der Waals surface area contributed by atoms with Crippen LogP contribution >= 0.6 is 12.2 Å². The van der Waals surface area contributed by atoms with Crippen molar-refractivity contribution in [3.05, 3.63) is 54.1 Å². The third-order valence-corrected chi connectivity index (χ3v) is 4.06. The number of ether oxygens (including phenoxy) is 3. The van der Waals surface area contributed by atoms with Crippen LogP contribution in [0.1, 0.15) is 30.1 Å². The number of methoxy groups -OCH3 is 1. The Labute approximate surface area is 180 Å². The molecule has 0 heterocycles. The summed E-state index contributed by atoms with van der Waals surface area (Å²) in [7, 11) is 1.51. The average molecular weight is 432 g/mol. The monoisotopic (exact) mass is 431 g/mol. The number of thiocarbonyl (C=S) groups is 1. The van der Waals surface area contributed by atoms with Crippen LogP contribution in [0.3, 0.4) is 0 Å². The fourth-order valence-electron chi connectivity index (χ4n) is 2.35. The molecule has 0 aliphatic heterocycles. The van der Waals surface area contributed by atoms with E-state index in [9.17, 15) is 9.59 Å². The molecular weight excluding hydrogens is 406 g/mol. The highest BCUT2D eigenvalue weighted by molar-refractivity contribution is 7.80. The lowest BCUT2D eigenvalue weighted by Crippen LogP contribution is -2.49. The van der Waals surface area contributed by atoms with Crippen molar-refractivity contribution in [1.82, 2.24) is 16.2 Å². The van der Waals surface area contributed by atoms with Crippen molar-refractivity contribution in [3.63, 3.8) is 0 Å². The maximum Gasteiger partial charge on any atom is 0.276 e. The van der Waals surface area contributed by atoms with Crippen LogP contribution in [0, 0.1) is 0 Å². The molecule has 30 heavy (non-hydrogen) atoms. The molecule has 2 aromatic rings. The van der Waals surface area contributed by atoms with Gasteiger partial charge in [0, 0.05) is 0 Å². The minimum atomic E-state index is -0.485. The van der Waals surface area contributed by atoms with Gasteiger partial charge in [0.05, 0.1) is 19.3 Å². The molecule has 0 aromatic heterocycles. The molecule has 0 fully saturated rings. The number of carbonyl (C=O) groups is 2. The maximum atomic E-state index is 12.5. The second kappa shape index (κ2) is 12.3. The number of hydrogen-bond acceptors (Lipinski definition) is 6. The van der Waals surface area contributed by atoms with Crippen molar-refractivity contribution in [2.45, 2.75) is 19.8 Å². The van der Waals surface area contributed by atoms with Gasteiger partial charge in [0.1, 0.15) is 5.75 Å². The van der Waals surface area contributed by atoms with Crippen molar-refractivity contribution in [1.29, 1.82) is 0 Å². The lowest BCUT2D eigenvalue weighted by molar-refractivity contribution is -0.123. The maximum absolute atomic E-state index is 12.5. The molecule has 0 bridgehead atoms. The number of hydrazine groups is 1. The normalized spacial score (nSPS) is 9.93. The Morgan fingerprint density at radius 3 is 2.30 bits per heavy atom. The molecule has 0 aliphatic carbocycles. The summed E-state index contributed by atoms with van der Waals surface area (Å²) in [5, 5.41) is 2.44. The first-order valence-electron chi connectivity index (χ1n) is 9.43. The van der Waals surface area contributed by atoms with Gasteiger partial charge < -0.3 is 14.2 Å². The molecule has 0 atom stereocenters. The standard InChI is InChI=1S/C21H25N3O5S/c1-3-4-13-28-16-10-6-5-9-15(16)20(26)22-21(30)24-23-19(25)14-29-18-12-8-7-11-17(18)27-2/h5-12H,3-4,13-14H2,1-2H3,(H,23,25)(H2,22,24,26,30). The van der Waals surface area contributed by atoms with Gasteiger partial charge in [0.25, 0.3) is 11.8 Å². The zero-order chi connectivity index (χ0) is 21.8. The number of para-hydroxylation sites is 3. The first-order chi connectivity index (χ1) is 14.5. The Morgan fingerprint density at radius 2 is 1.60 bits per heavy atom. The SMILES string of the molecule is CCCCOc1ccccc1C(=O)NC(=S)NNC(=O)COc1ccccc1OC. The van der Waals surface area contributed by atoms with Crippen LogP contribution in [0.15, 0.2) is 48.5 Å². The van der Waals surface area contributed by atoms with E-state index < -0.39 is 11.8 Å². The smallest absolute Gasteiger partial charge is 0.276 e. The third-order valence-electron chi connectivity index (χ3n) is 3.86. The number of carbonyl (C=O) groups excluding carboxylic acids is 2.